The molecule has 3 nitrogen and oxygen atoms in total. The Bertz CT molecular complexity index is 598. The van der Waals surface area contributed by atoms with Crippen LogP contribution in [0.4, 0.5) is 8.78 Å². The molecule has 0 aromatic heterocycles. The molecule has 0 saturated carbocycles. The van der Waals surface area contributed by atoms with Crippen molar-refractivity contribution in [3.05, 3.63) is 71.3 Å². The Morgan fingerprint density at radius 1 is 1.00 bits per heavy atom. The fraction of sp³-hybridized carbons (Fsp3) is 0.368. The molecule has 1 aliphatic rings. The Labute approximate surface area is 140 Å². The molecule has 1 fully saturated rings. The molecule has 24 heavy (non-hydrogen) atoms. The summed E-state index contributed by atoms with van der Waals surface area (Å²) in [7, 11) is 0. The van der Waals surface area contributed by atoms with Crippen LogP contribution < -0.4 is 5.32 Å². The van der Waals surface area contributed by atoms with Crippen molar-refractivity contribution in [2.75, 3.05) is 26.2 Å². The van der Waals surface area contributed by atoms with Gasteiger partial charge in [0, 0.05) is 32.3 Å². The minimum Gasteiger partial charge on any atom is -0.396 e. The molecule has 2 aromatic carbocycles. The summed E-state index contributed by atoms with van der Waals surface area (Å²) in [6.07, 6.45) is 0.691. The average molecular weight is 332 g/mol. The van der Waals surface area contributed by atoms with Crippen molar-refractivity contribution in [1.82, 2.24) is 10.2 Å². The highest BCUT2D eigenvalue weighted by molar-refractivity contribution is 5.32. The maximum absolute atomic E-state index is 13.3. The summed E-state index contributed by atoms with van der Waals surface area (Å²) in [6.45, 7) is 2.58. The highest BCUT2D eigenvalue weighted by Crippen LogP contribution is 2.30. The van der Waals surface area contributed by atoms with Crippen molar-refractivity contribution in [2.24, 2.45) is 0 Å². The zero-order valence-corrected chi connectivity index (χ0v) is 13.5. The Morgan fingerprint density at radius 3 is 2.04 bits per heavy atom. The lowest BCUT2D eigenvalue weighted by Crippen LogP contribution is -2.52. The average Bonchev–Trinajstić information content (AvgIpc) is 2.59. The lowest BCUT2D eigenvalue weighted by atomic mass is 9.95. The van der Waals surface area contributed by atoms with E-state index in [0.29, 0.717) is 6.42 Å². The first kappa shape index (κ1) is 17.0. The third kappa shape index (κ3) is 3.98. The standard InChI is InChI=1S/C19H22F2N2O/c20-16-5-1-14(2-6-16)19(15-3-7-17(21)8-4-15)23-11-10-22-18(13-23)9-12-24/h1-8,18-19,22,24H,9-13H2. The van der Waals surface area contributed by atoms with Crippen LogP contribution in [0.1, 0.15) is 23.6 Å². The number of nitrogens with zero attached hydrogens (tertiary/aromatic N) is 1. The summed E-state index contributed by atoms with van der Waals surface area (Å²) in [5.41, 5.74) is 1.96. The van der Waals surface area contributed by atoms with Crippen LogP contribution in [0.3, 0.4) is 0 Å². The predicted molar refractivity (Wildman–Crippen MR) is 89.7 cm³/mol. The van der Waals surface area contributed by atoms with E-state index in [0.717, 1.165) is 30.8 Å². The van der Waals surface area contributed by atoms with Crippen molar-refractivity contribution in [3.63, 3.8) is 0 Å². The first-order valence-electron chi connectivity index (χ1n) is 8.26. The SMILES string of the molecule is OCCC1CN(C(c2ccc(F)cc2)c2ccc(F)cc2)CCN1. The second-order valence-corrected chi connectivity index (χ2v) is 6.16. The highest BCUT2D eigenvalue weighted by Gasteiger charge is 2.27. The molecule has 1 atom stereocenters. The quantitative estimate of drug-likeness (QED) is 0.884. The van der Waals surface area contributed by atoms with Crippen LogP contribution in [0.15, 0.2) is 48.5 Å². The van der Waals surface area contributed by atoms with E-state index in [4.69, 9.17) is 0 Å². The second-order valence-electron chi connectivity index (χ2n) is 6.16. The molecule has 0 bridgehead atoms. The monoisotopic (exact) mass is 332 g/mol. The van der Waals surface area contributed by atoms with E-state index in [1.54, 1.807) is 24.3 Å². The van der Waals surface area contributed by atoms with Gasteiger partial charge in [0.2, 0.25) is 0 Å². The Kier molecular flexibility index (Phi) is 5.56. The van der Waals surface area contributed by atoms with E-state index < -0.39 is 0 Å². The molecule has 0 amide bonds. The molecule has 0 spiro atoms. The molecule has 1 heterocycles. The molecule has 2 N–H and O–H groups in total. The largest absolute Gasteiger partial charge is 0.396 e. The first-order valence-corrected chi connectivity index (χ1v) is 8.26. The van der Waals surface area contributed by atoms with E-state index in [1.807, 2.05) is 0 Å². The number of halogens is 2. The summed E-state index contributed by atoms with van der Waals surface area (Å²) < 4.78 is 26.6. The van der Waals surface area contributed by atoms with Gasteiger partial charge in [-0.15, -0.1) is 0 Å². The maximum Gasteiger partial charge on any atom is 0.123 e. The second kappa shape index (κ2) is 7.83. The zero-order valence-electron chi connectivity index (χ0n) is 13.5. The molecule has 3 rings (SSSR count). The zero-order chi connectivity index (χ0) is 16.9. The van der Waals surface area contributed by atoms with Crippen molar-refractivity contribution in [2.45, 2.75) is 18.5 Å². The smallest absolute Gasteiger partial charge is 0.123 e. The van der Waals surface area contributed by atoms with Crippen LogP contribution >= 0.6 is 0 Å². The molecule has 0 aliphatic carbocycles. The third-order valence-corrected chi connectivity index (χ3v) is 4.50. The van der Waals surface area contributed by atoms with Crippen LogP contribution in [-0.2, 0) is 0 Å². The van der Waals surface area contributed by atoms with Gasteiger partial charge in [0.1, 0.15) is 11.6 Å². The molecule has 1 saturated heterocycles. The summed E-state index contributed by atoms with van der Waals surface area (Å²) in [4.78, 5) is 2.30. The number of rotatable bonds is 5. The molecule has 1 aliphatic heterocycles. The number of benzene rings is 2. The van der Waals surface area contributed by atoms with Crippen molar-refractivity contribution in [1.29, 1.82) is 0 Å². The lowest BCUT2D eigenvalue weighted by molar-refractivity contribution is 0.146. The van der Waals surface area contributed by atoms with Gasteiger partial charge in [-0.3, -0.25) is 4.90 Å². The summed E-state index contributed by atoms with van der Waals surface area (Å²) in [5, 5.41) is 12.6. The maximum atomic E-state index is 13.3. The molecular weight excluding hydrogens is 310 g/mol. The Hall–Kier alpha value is -1.82. The van der Waals surface area contributed by atoms with E-state index >= 15 is 0 Å². The van der Waals surface area contributed by atoms with Crippen molar-refractivity contribution < 1.29 is 13.9 Å². The Balaban J connectivity index is 1.92. The van der Waals surface area contributed by atoms with Crippen molar-refractivity contribution >= 4 is 0 Å². The van der Waals surface area contributed by atoms with Crippen LogP contribution in [-0.4, -0.2) is 42.3 Å². The van der Waals surface area contributed by atoms with Gasteiger partial charge in [0.05, 0.1) is 6.04 Å². The van der Waals surface area contributed by atoms with Gasteiger partial charge in [-0.25, -0.2) is 8.78 Å². The van der Waals surface area contributed by atoms with Gasteiger partial charge in [-0.1, -0.05) is 24.3 Å². The number of hydrogen-bond donors (Lipinski definition) is 2. The number of nitrogens with one attached hydrogen (secondary N) is 1. The number of piperazine rings is 1. The summed E-state index contributed by atoms with van der Waals surface area (Å²) in [6, 6.07) is 13.1. The van der Waals surface area contributed by atoms with Crippen LogP contribution in [0.5, 0.6) is 0 Å². The minimum atomic E-state index is -0.268. The molecule has 2 aromatic rings. The fourth-order valence-corrected chi connectivity index (χ4v) is 3.34. The van der Waals surface area contributed by atoms with E-state index in [1.165, 1.54) is 24.3 Å². The summed E-state index contributed by atoms with van der Waals surface area (Å²) >= 11 is 0. The van der Waals surface area contributed by atoms with Gasteiger partial charge < -0.3 is 10.4 Å². The van der Waals surface area contributed by atoms with Crippen LogP contribution in [0.25, 0.3) is 0 Å². The van der Waals surface area contributed by atoms with Gasteiger partial charge in [0.25, 0.3) is 0 Å². The highest BCUT2D eigenvalue weighted by atomic mass is 19.1. The lowest BCUT2D eigenvalue weighted by Gasteiger charge is -2.39. The third-order valence-electron chi connectivity index (χ3n) is 4.50. The predicted octanol–water partition coefficient (Wildman–Crippen LogP) is 2.71. The number of aliphatic hydroxyl groups excluding tert-OH is 1. The molecule has 0 radical (unpaired) electrons. The van der Waals surface area contributed by atoms with Gasteiger partial charge >= 0.3 is 0 Å². The van der Waals surface area contributed by atoms with E-state index in [-0.39, 0.29) is 30.3 Å². The van der Waals surface area contributed by atoms with E-state index in [9.17, 15) is 13.9 Å². The Morgan fingerprint density at radius 2 is 1.54 bits per heavy atom. The summed E-state index contributed by atoms with van der Waals surface area (Å²) in [5.74, 6) is -0.537. The molecule has 5 heteroatoms. The fourth-order valence-electron chi connectivity index (χ4n) is 3.34. The van der Waals surface area contributed by atoms with Gasteiger partial charge in [0.15, 0.2) is 0 Å². The normalized spacial score (nSPS) is 18.9. The van der Waals surface area contributed by atoms with Gasteiger partial charge in [-0.05, 0) is 41.8 Å². The molecule has 128 valence electrons. The van der Waals surface area contributed by atoms with Gasteiger partial charge in [-0.2, -0.15) is 0 Å². The van der Waals surface area contributed by atoms with E-state index in [2.05, 4.69) is 10.2 Å². The first-order chi connectivity index (χ1) is 11.7. The minimum absolute atomic E-state index is 0.0607. The molecular formula is C19H22F2N2O. The molecule has 1 unspecified atom stereocenters. The van der Waals surface area contributed by atoms with Crippen LogP contribution in [0, 0.1) is 11.6 Å². The number of hydrogen-bond acceptors (Lipinski definition) is 3. The number of aliphatic hydroxyl groups is 1. The topological polar surface area (TPSA) is 35.5 Å². The van der Waals surface area contributed by atoms with Crippen LogP contribution in [0.2, 0.25) is 0 Å². The van der Waals surface area contributed by atoms with Crippen molar-refractivity contribution in [3.8, 4) is 0 Å².